The van der Waals surface area contributed by atoms with Gasteiger partial charge in [0.2, 0.25) is 11.9 Å². The second-order valence-corrected chi connectivity index (χ2v) is 5.96. The lowest BCUT2D eigenvalue weighted by Gasteiger charge is -2.27. The summed E-state index contributed by atoms with van der Waals surface area (Å²) in [5, 5.41) is 0. The van der Waals surface area contributed by atoms with E-state index in [1.165, 1.54) is 12.8 Å². The number of carbonyl (C=O) groups excluding carboxylic acids is 1. The second kappa shape index (κ2) is 10.3. The fourth-order valence-electron chi connectivity index (χ4n) is 2.60. The predicted octanol–water partition coefficient (Wildman–Crippen LogP) is 4.53. The highest BCUT2D eigenvalue weighted by atomic mass is 16.2. The molecule has 1 heterocycles. The average molecular weight is 305 g/mol. The van der Waals surface area contributed by atoms with Gasteiger partial charge in [-0.05, 0) is 32.3 Å². The van der Waals surface area contributed by atoms with Crippen LogP contribution in [0, 0.1) is 0 Å². The van der Waals surface area contributed by atoms with E-state index in [9.17, 15) is 4.79 Å². The lowest BCUT2D eigenvalue weighted by Crippen LogP contribution is -2.40. The Morgan fingerprint density at radius 3 is 2.59 bits per heavy atom. The number of aryl methyl sites for hydroxylation is 1. The van der Waals surface area contributed by atoms with Crippen molar-refractivity contribution < 1.29 is 4.79 Å². The molecule has 1 aromatic rings. The topological polar surface area (TPSA) is 46.1 Å². The van der Waals surface area contributed by atoms with E-state index in [1.807, 2.05) is 17.9 Å². The smallest absolute Gasteiger partial charge is 0.232 e. The third-order valence-corrected chi connectivity index (χ3v) is 3.82. The molecule has 4 nitrogen and oxygen atoms in total. The molecule has 0 aromatic carbocycles. The Morgan fingerprint density at radius 2 is 1.95 bits per heavy atom. The van der Waals surface area contributed by atoms with Gasteiger partial charge in [0.25, 0.3) is 0 Å². The van der Waals surface area contributed by atoms with Crippen molar-refractivity contribution in [3.63, 3.8) is 0 Å². The monoisotopic (exact) mass is 305 g/mol. The van der Waals surface area contributed by atoms with Crippen molar-refractivity contribution in [2.24, 2.45) is 0 Å². The Labute approximate surface area is 135 Å². The van der Waals surface area contributed by atoms with E-state index in [0.717, 1.165) is 37.8 Å². The first-order valence-electron chi connectivity index (χ1n) is 8.77. The molecule has 1 unspecified atom stereocenters. The van der Waals surface area contributed by atoms with Crippen LogP contribution < -0.4 is 4.90 Å². The molecule has 1 amide bonds. The number of carbonyl (C=O) groups is 1. The van der Waals surface area contributed by atoms with E-state index in [-0.39, 0.29) is 11.9 Å². The molecule has 0 fully saturated rings. The fraction of sp³-hybridized carbons (Fsp3) is 0.722. The molecule has 1 rings (SSSR count). The van der Waals surface area contributed by atoms with Crippen molar-refractivity contribution in [3.8, 4) is 0 Å². The number of amides is 1. The van der Waals surface area contributed by atoms with Crippen molar-refractivity contribution in [2.45, 2.75) is 85.1 Å². The maximum atomic E-state index is 12.5. The minimum absolute atomic E-state index is 0.139. The minimum atomic E-state index is 0.139. The summed E-state index contributed by atoms with van der Waals surface area (Å²) in [5.41, 5.74) is 1.02. The molecular weight excluding hydrogens is 274 g/mol. The van der Waals surface area contributed by atoms with E-state index in [1.54, 1.807) is 6.20 Å². The summed E-state index contributed by atoms with van der Waals surface area (Å²) < 4.78 is 0. The fourth-order valence-corrected chi connectivity index (χ4v) is 2.60. The number of hydrogen-bond donors (Lipinski definition) is 0. The van der Waals surface area contributed by atoms with Crippen LogP contribution in [0.15, 0.2) is 12.3 Å². The Kier molecular flexibility index (Phi) is 8.71. The Bertz CT molecular complexity index is 448. The van der Waals surface area contributed by atoms with Crippen LogP contribution in [0.25, 0.3) is 0 Å². The van der Waals surface area contributed by atoms with Crippen LogP contribution in [0.4, 0.5) is 5.95 Å². The third kappa shape index (κ3) is 5.74. The predicted molar refractivity (Wildman–Crippen MR) is 92.0 cm³/mol. The van der Waals surface area contributed by atoms with E-state index >= 15 is 0 Å². The highest BCUT2D eigenvalue weighted by Gasteiger charge is 2.23. The van der Waals surface area contributed by atoms with E-state index in [2.05, 4.69) is 30.7 Å². The molecule has 22 heavy (non-hydrogen) atoms. The molecular formula is C18H31N3O. The van der Waals surface area contributed by atoms with Gasteiger partial charge in [0.15, 0.2) is 0 Å². The van der Waals surface area contributed by atoms with Crippen LogP contribution in [0.5, 0.6) is 0 Å². The van der Waals surface area contributed by atoms with Crippen LogP contribution in [0.1, 0.15) is 78.3 Å². The van der Waals surface area contributed by atoms with Gasteiger partial charge in [0.05, 0.1) is 0 Å². The summed E-state index contributed by atoms with van der Waals surface area (Å²) in [7, 11) is 0. The van der Waals surface area contributed by atoms with E-state index in [4.69, 9.17) is 0 Å². The molecule has 0 saturated heterocycles. The zero-order valence-corrected chi connectivity index (χ0v) is 14.6. The quantitative estimate of drug-likeness (QED) is 0.597. The van der Waals surface area contributed by atoms with Crippen LogP contribution in [0.3, 0.4) is 0 Å². The molecule has 124 valence electrons. The van der Waals surface area contributed by atoms with Crippen molar-refractivity contribution >= 4 is 11.9 Å². The second-order valence-electron chi connectivity index (χ2n) is 5.96. The molecule has 0 aliphatic heterocycles. The maximum absolute atomic E-state index is 12.5. The molecule has 0 saturated carbocycles. The highest BCUT2D eigenvalue weighted by Crippen LogP contribution is 2.18. The SMILES string of the molecule is CCCCCC(C)N(C(=O)CCC)c1nccc(CCC)n1. The van der Waals surface area contributed by atoms with Gasteiger partial charge in [-0.15, -0.1) is 0 Å². The standard InChI is InChI=1S/C18H31N3O/c1-5-8-9-12-15(4)21(17(22)11-7-3)18-19-14-13-16(20-18)10-6-2/h13-15H,5-12H2,1-4H3. The summed E-state index contributed by atoms with van der Waals surface area (Å²) in [6.07, 6.45) is 9.70. The number of hydrogen-bond acceptors (Lipinski definition) is 3. The zero-order valence-electron chi connectivity index (χ0n) is 14.6. The first-order chi connectivity index (χ1) is 10.6. The van der Waals surface area contributed by atoms with E-state index in [0.29, 0.717) is 12.4 Å². The average Bonchev–Trinajstić information content (AvgIpc) is 2.49. The van der Waals surface area contributed by atoms with Gasteiger partial charge in [-0.3, -0.25) is 9.69 Å². The van der Waals surface area contributed by atoms with Crippen molar-refractivity contribution in [2.75, 3.05) is 4.90 Å². The summed E-state index contributed by atoms with van der Waals surface area (Å²) in [6.45, 7) is 8.47. The Hall–Kier alpha value is -1.45. The molecule has 0 N–H and O–H groups in total. The number of aromatic nitrogens is 2. The zero-order chi connectivity index (χ0) is 16.4. The van der Waals surface area contributed by atoms with Gasteiger partial charge in [-0.1, -0.05) is 46.5 Å². The number of nitrogens with zero attached hydrogens (tertiary/aromatic N) is 3. The number of unbranched alkanes of at least 4 members (excludes halogenated alkanes) is 2. The van der Waals surface area contributed by atoms with Crippen LogP contribution in [0.2, 0.25) is 0 Å². The lowest BCUT2D eigenvalue weighted by atomic mass is 10.1. The van der Waals surface area contributed by atoms with Gasteiger partial charge in [-0.25, -0.2) is 9.97 Å². The van der Waals surface area contributed by atoms with E-state index < -0.39 is 0 Å². The summed E-state index contributed by atoms with van der Waals surface area (Å²) >= 11 is 0. The maximum Gasteiger partial charge on any atom is 0.232 e. The lowest BCUT2D eigenvalue weighted by molar-refractivity contribution is -0.119. The van der Waals surface area contributed by atoms with Crippen LogP contribution >= 0.6 is 0 Å². The van der Waals surface area contributed by atoms with Gasteiger partial charge in [-0.2, -0.15) is 0 Å². The van der Waals surface area contributed by atoms with Crippen molar-refractivity contribution in [3.05, 3.63) is 18.0 Å². The van der Waals surface area contributed by atoms with Crippen LogP contribution in [-0.4, -0.2) is 21.9 Å². The molecule has 1 aromatic heterocycles. The summed E-state index contributed by atoms with van der Waals surface area (Å²) in [5.74, 6) is 0.716. The van der Waals surface area contributed by atoms with Gasteiger partial charge < -0.3 is 0 Å². The Morgan fingerprint density at radius 1 is 1.18 bits per heavy atom. The van der Waals surface area contributed by atoms with Gasteiger partial charge in [0.1, 0.15) is 0 Å². The normalized spacial score (nSPS) is 12.2. The first kappa shape index (κ1) is 18.6. The number of rotatable bonds is 10. The molecule has 4 heteroatoms. The van der Waals surface area contributed by atoms with Gasteiger partial charge >= 0.3 is 0 Å². The molecule has 0 bridgehead atoms. The summed E-state index contributed by atoms with van der Waals surface area (Å²) in [6, 6.07) is 2.10. The molecule has 1 atom stereocenters. The van der Waals surface area contributed by atoms with Crippen molar-refractivity contribution in [1.82, 2.24) is 9.97 Å². The first-order valence-corrected chi connectivity index (χ1v) is 8.77. The third-order valence-electron chi connectivity index (χ3n) is 3.82. The molecule has 0 aliphatic carbocycles. The molecule has 0 aliphatic rings. The van der Waals surface area contributed by atoms with Gasteiger partial charge in [0, 0.05) is 24.4 Å². The molecule has 0 spiro atoms. The largest absolute Gasteiger partial charge is 0.278 e. The minimum Gasteiger partial charge on any atom is -0.278 e. The molecule has 0 radical (unpaired) electrons. The van der Waals surface area contributed by atoms with Crippen molar-refractivity contribution in [1.29, 1.82) is 0 Å². The highest BCUT2D eigenvalue weighted by molar-refractivity contribution is 5.92. The Balaban J connectivity index is 2.93. The summed E-state index contributed by atoms with van der Waals surface area (Å²) in [4.78, 5) is 23.3. The van der Waals surface area contributed by atoms with Crippen LogP contribution in [-0.2, 0) is 11.2 Å². The number of anilines is 1.